The topological polar surface area (TPSA) is 52.4 Å². The molecule has 0 saturated heterocycles. The van der Waals surface area contributed by atoms with E-state index in [4.69, 9.17) is 9.68 Å². The van der Waals surface area contributed by atoms with Crippen molar-refractivity contribution in [1.29, 1.82) is 0 Å². The molecule has 106 heavy (non-hydrogen) atoms. The van der Waals surface area contributed by atoms with E-state index in [9.17, 15) is 0 Å². The number of halogens is 2. The van der Waals surface area contributed by atoms with Crippen LogP contribution in [0.15, 0.2) is 405 Å². The number of benzene rings is 16. The predicted octanol–water partition coefficient (Wildman–Crippen LogP) is 26.2. The van der Waals surface area contributed by atoms with Crippen LogP contribution in [0.5, 0.6) is 5.75 Å². The summed E-state index contributed by atoms with van der Waals surface area (Å²) in [6.45, 7) is 0. The highest BCUT2D eigenvalue weighted by atomic mass is 127. The Morgan fingerprint density at radius 1 is 0.255 bits per heavy atom. The number of para-hydroxylation sites is 10. The van der Waals surface area contributed by atoms with Crippen molar-refractivity contribution in [2.75, 3.05) is 4.90 Å². The maximum Gasteiger partial charge on any atom is 0.569 e. The fourth-order valence-corrected chi connectivity index (χ4v) is 15.6. The van der Waals surface area contributed by atoms with Crippen LogP contribution in [0.1, 0.15) is 0 Å². The molecule has 10 heteroatoms. The van der Waals surface area contributed by atoms with Crippen molar-refractivity contribution < 1.29 is 9.68 Å². The second kappa shape index (κ2) is 30.1. The molecule has 0 spiro atoms. The molecule has 0 aliphatic rings. The van der Waals surface area contributed by atoms with E-state index in [1.807, 2.05) is 48.5 Å². The summed E-state index contributed by atoms with van der Waals surface area (Å²) < 4.78 is 16.7. The van der Waals surface area contributed by atoms with Crippen LogP contribution in [0.25, 0.3) is 132 Å². The van der Waals surface area contributed by atoms with Gasteiger partial charge in [-0.25, -0.2) is 0 Å². The monoisotopic (exact) mass is 1540 g/mol. The van der Waals surface area contributed by atoms with Crippen molar-refractivity contribution in [3.8, 4) is 50.8 Å². The number of fused-ring (bicyclic) bond motifs is 12. The molecule has 7 nitrogen and oxygen atoms in total. The fourth-order valence-electron chi connectivity index (χ4n) is 14.8. The third kappa shape index (κ3) is 13.2. The van der Waals surface area contributed by atoms with E-state index in [1.54, 1.807) is 0 Å². The molecule has 1 N–H and O–H groups in total. The summed E-state index contributed by atoms with van der Waals surface area (Å²) in [7, 11) is 0.706. The van der Waals surface area contributed by atoms with E-state index in [-0.39, 0.29) is 0 Å². The van der Waals surface area contributed by atoms with E-state index in [0.717, 1.165) is 49.0 Å². The van der Waals surface area contributed by atoms with Crippen molar-refractivity contribution in [3.05, 3.63) is 408 Å². The van der Waals surface area contributed by atoms with Crippen molar-refractivity contribution in [1.82, 2.24) is 18.3 Å². The largest absolute Gasteiger partial charge is 0.569 e. The Bertz CT molecular complexity index is 6430. The zero-order valence-electron chi connectivity index (χ0n) is 57.5. The zero-order valence-corrected chi connectivity index (χ0v) is 61.3. The number of hydrogen-bond acceptors (Lipinski definition) is 3. The van der Waals surface area contributed by atoms with Crippen molar-refractivity contribution in [2.45, 2.75) is 0 Å². The number of aromatic nitrogens is 4. The number of nitrogens with zero attached hydrogens (tertiary/aromatic N) is 5. The van der Waals surface area contributed by atoms with Crippen LogP contribution < -0.4 is 9.55 Å². The van der Waals surface area contributed by atoms with Gasteiger partial charge in [0.05, 0.1) is 44.1 Å². The maximum atomic E-state index is 8.84. The quantitative estimate of drug-likeness (QED) is 0.104. The summed E-state index contributed by atoms with van der Waals surface area (Å²) in [5.41, 5.74) is 22.7. The third-order valence-electron chi connectivity index (χ3n) is 19.5. The standard InChI is InChI=1S/C36H26N2.C24H16BrN.C18H13BNO2.C18H12IN/c1-4-12-29(13-5-1)37(30-14-6-2-7-15-30)32-23-20-27(21-24-32)28-22-25-36-34(26-28)33-18-10-11-19-35(33)38(36)31-16-8-3-9-17-31;25-19-13-10-17(11-14-19)18-12-15-24-22(16-18)21-8-4-5-9-23(21)26(24)20-6-2-1-3-7-20;21-19-22-14-10-11-18-16(12-14)15-8-4-5-9-17(15)20(18)13-6-2-1-3-7-13;19-13-10-11-18-16(12-13)15-8-4-5-9-17(15)20(18)14-6-2-1-3-7-14/h1-26H;1-16H;1-12,21H;1-12H. The summed E-state index contributed by atoms with van der Waals surface area (Å²) in [5.74, 6) is 0.617. The Kier molecular flexibility index (Phi) is 19.0. The van der Waals surface area contributed by atoms with Gasteiger partial charge in [0.15, 0.2) is 0 Å². The minimum absolute atomic E-state index is 0.617. The first-order valence-corrected chi connectivity index (χ1v) is 37.2. The molecule has 20 rings (SSSR count). The molecule has 0 bridgehead atoms. The lowest BCUT2D eigenvalue weighted by atomic mass is 10.0. The molecule has 0 saturated carbocycles. The summed E-state index contributed by atoms with van der Waals surface area (Å²) in [5, 5.41) is 18.8. The highest BCUT2D eigenvalue weighted by molar-refractivity contribution is 14.1. The van der Waals surface area contributed by atoms with E-state index in [1.165, 1.54) is 108 Å². The van der Waals surface area contributed by atoms with Gasteiger partial charge >= 0.3 is 7.69 Å². The van der Waals surface area contributed by atoms with Gasteiger partial charge in [0.2, 0.25) is 0 Å². The van der Waals surface area contributed by atoms with Gasteiger partial charge < -0.3 is 32.8 Å². The molecule has 0 aliphatic heterocycles. The van der Waals surface area contributed by atoms with Gasteiger partial charge in [0.25, 0.3) is 0 Å². The van der Waals surface area contributed by atoms with Crippen LogP contribution >= 0.6 is 38.5 Å². The van der Waals surface area contributed by atoms with Crippen molar-refractivity contribution in [2.24, 2.45) is 0 Å². The average molecular weight is 1540 g/mol. The second-order valence-electron chi connectivity index (χ2n) is 25.8. The molecular formula is C96H67BBrIN5O2. The van der Waals surface area contributed by atoms with E-state index >= 15 is 0 Å². The predicted molar refractivity (Wildman–Crippen MR) is 458 cm³/mol. The van der Waals surface area contributed by atoms with Gasteiger partial charge in [-0.15, -0.1) is 0 Å². The maximum absolute atomic E-state index is 8.84. The zero-order chi connectivity index (χ0) is 71.3. The van der Waals surface area contributed by atoms with Crippen LogP contribution in [0.2, 0.25) is 0 Å². The third-order valence-corrected chi connectivity index (χ3v) is 20.7. The number of rotatable bonds is 11. The van der Waals surface area contributed by atoms with Crippen LogP contribution in [0, 0.1) is 3.57 Å². The van der Waals surface area contributed by atoms with Gasteiger partial charge in [-0.05, 0) is 227 Å². The molecule has 20 aromatic rings. The Labute approximate surface area is 637 Å². The van der Waals surface area contributed by atoms with Gasteiger partial charge in [-0.1, -0.05) is 234 Å². The van der Waals surface area contributed by atoms with Crippen molar-refractivity contribution in [3.63, 3.8) is 0 Å². The van der Waals surface area contributed by atoms with Crippen molar-refractivity contribution >= 4 is 150 Å². The molecule has 0 amide bonds. The summed E-state index contributed by atoms with van der Waals surface area (Å²) in [6, 6.07) is 141. The summed E-state index contributed by atoms with van der Waals surface area (Å²) >= 11 is 5.89. The van der Waals surface area contributed by atoms with Crippen LogP contribution in [-0.2, 0) is 0 Å². The van der Waals surface area contributed by atoms with E-state index in [0.29, 0.717) is 13.4 Å². The molecule has 0 aliphatic carbocycles. The highest BCUT2D eigenvalue weighted by Gasteiger charge is 2.19. The molecule has 505 valence electrons. The number of hydrogen-bond donors (Lipinski definition) is 1. The fraction of sp³-hybridized carbons (Fsp3) is 0. The molecule has 0 fully saturated rings. The molecule has 0 atom stereocenters. The van der Waals surface area contributed by atoms with Crippen LogP contribution in [0.4, 0.5) is 17.1 Å². The summed E-state index contributed by atoms with van der Waals surface area (Å²) in [6.07, 6.45) is 0. The van der Waals surface area contributed by atoms with Gasteiger partial charge in [-0.3, -0.25) is 0 Å². The Morgan fingerprint density at radius 2 is 0.528 bits per heavy atom. The Morgan fingerprint density at radius 3 is 0.896 bits per heavy atom. The average Bonchev–Trinajstić information content (AvgIpc) is 1.63. The highest BCUT2D eigenvalue weighted by Crippen LogP contribution is 2.41. The molecule has 16 aromatic carbocycles. The molecular weight excluding hydrogens is 1470 g/mol. The van der Waals surface area contributed by atoms with Crippen LogP contribution in [0.3, 0.4) is 0 Å². The molecule has 1 radical (unpaired) electrons. The molecule has 0 unspecified atom stereocenters. The summed E-state index contributed by atoms with van der Waals surface area (Å²) in [4.78, 5) is 2.29. The van der Waals surface area contributed by atoms with E-state index < -0.39 is 0 Å². The Balaban J connectivity index is 0.000000108. The molecule has 4 heterocycles. The number of anilines is 3. The minimum Gasteiger partial charge on any atom is -0.537 e. The smallest absolute Gasteiger partial charge is 0.537 e. The first-order valence-electron chi connectivity index (χ1n) is 35.3. The first-order chi connectivity index (χ1) is 52.4. The van der Waals surface area contributed by atoms with E-state index in [2.05, 4.69) is 414 Å². The minimum atomic E-state index is 0.617. The molecule has 4 aromatic heterocycles. The van der Waals surface area contributed by atoms with Crippen LogP contribution in [-0.4, -0.2) is 31.0 Å². The second-order valence-corrected chi connectivity index (χ2v) is 28.0. The normalized spacial score (nSPS) is 11.2. The SMILES string of the molecule is Brc1ccc(-c2ccc3c(c2)c2ccccc2n3-c2ccccc2)cc1.Ic1ccc2c(c1)c1ccccc1n2-c1ccccc1.O[B]Oc1ccc2c(c1)c1ccccc1n2-c1ccccc1.c1ccc(N(c2ccccc2)c2ccc(-c3ccc4c(c3)c3ccccc3n4-c3ccccc3)cc2)cc1. The Hall–Kier alpha value is -12.4. The van der Waals surface area contributed by atoms with Gasteiger partial charge in [0.1, 0.15) is 5.75 Å². The first kappa shape index (κ1) is 66.8. The van der Waals surface area contributed by atoms with Gasteiger partial charge in [0, 0.05) is 90.9 Å². The lowest BCUT2D eigenvalue weighted by Gasteiger charge is -2.25. The van der Waals surface area contributed by atoms with Gasteiger partial charge in [-0.2, -0.15) is 0 Å². The lowest BCUT2D eigenvalue weighted by Crippen LogP contribution is -2.09. The lowest BCUT2D eigenvalue weighted by molar-refractivity contribution is 0.454.